The highest BCUT2D eigenvalue weighted by molar-refractivity contribution is 7.09. The fourth-order valence-electron chi connectivity index (χ4n) is 2.59. The molecule has 0 spiro atoms. The Morgan fingerprint density at radius 2 is 2.28 bits per heavy atom. The average molecular weight is 267 g/mol. The third-order valence-electron chi connectivity index (χ3n) is 3.77. The number of rotatable bonds is 5. The smallest absolute Gasteiger partial charge is 0.227 e. The summed E-state index contributed by atoms with van der Waals surface area (Å²) >= 11 is 1.65. The summed E-state index contributed by atoms with van der Waals surface area (Å²) in [7, 11) is 0. The van der Waals surface area contributed by atoms with Crippen LogP contribution in [-0.2, 0) is 11.2 Å². The number of nitrogens with two attached hydrogens (primary N) is 1. The van der Waals surface area contributed by atoms with Gasteiger partial charge in [-0.1, -0.05) is 12.8 Å². The van der Waals surface area contributed by atoms with Gasteiger partial charge in [0.25, 0.3) is 0 Å². The molecule has 0 aliphatic heterocycles. The van der Waals surface area contributed by atoms with E-state index >= 15 is 0 Å². The Morgan fingerprint density at radius 1 is 1.56 bits per heavy atom. The van der Waals surface area contributed by atoms with Crippen molar-refractivity contribution >= 4 is 17.2 Å². The van der Waals surface area contributed by atoms with E-state index in [4.69, 9.17) is 5.73 Å². The van der Waals surface area contributed by atoms with Gasteiger partial charge in [-0.3, -0.25) is 4.79 Å². The first kappa shape index (κ1) is 13.5. The van der Waals surface area contributed by atoms with Crippen LogP contribution in [0.2, 0.25) is 0 Å². The van der Waals surface area contributed by atoms with Gasteiger partial charge in [0.1, 0.15) is 0 Å². The number of aryl methyl sites for hydroxylation is 1. The molecule has 0 bridgehead atoms. The van der Waals surface area contributed by atoms with Crippen LogP contribution in [0.3, 0.4) is 0 Å². The van der Waals surface area contributed by atoms with Crippen LogP contribution >= 0.6 is 11.3 Å². The molecule has 1 aromatic rings. The molecule has 1 fully saturated rings. The van der Waals surface area contributed by atoms with Crippen molar-refractivity contribution in [2.75, 3.05) is 13.1 Å². The Morgan fingerprint density at radius 3 is 2.83 bits per heavy atom. The quantitative estimate of drug-likeness (QED) is 0.852. The number of nitrogens with one attached hydrogen (secondary N) is 1. The van der Waals surface area contributed by atoms with Gasteiger partial charge >= 0.3 is 0 Å². The van der Waals surface area contributed by atoms with Crippen molar-refractivity contribution in [3.63, 3.8) is 0 Å². The van der Waals surface area contributed by atoms with Gasteiger partial charge in [0.2, 0.25) is 5.91 Å². The van der Waals surface area contributed by atoms with E-state index in [-0.39, 0.29) is 11.3 Å². The molecule has 2 rings (SSSR count). The van der Waals surface area contributed by atoms with Crippen molar-refractivity contribution in [3.05, 3.63) is 16.1 Å². The zero-order valence-corrected chi connectivity index (χ0v) is 11.7. The Balaban J connectivity index is 1.81. The zero-order chi connectivity index (χ0) is 13.0. The molecular weight excluding hydrogens is 246 g/mol. The maximum absolute atomic E-state index is 12.2. The summed E-state index contributed by atoms with van der Waals surface area (Å²) in [5, 5.41) is 6.15. The third kappa shape index (κ3) is 2.90. The molecule has 100 valence electrons. The predicted octanol–water partition coefficient (Wildman–Crippen LogP) is 1.63. The van der Waals surface area contributed by atoms with Crippen LogP contribution in [0, 0.1) is 12.3 Å². The Labute approximate surface area is 112 Å². The number of amides is 1. The van der Waals surface area contributed by atoms with E-state index < -0.39 is 0 Å². The molecule has 1 saturated carbocycles. The second-order valence-corrected chi connectivity index (χ2v) is 6.12. The van der Waals surface area contributed by atoms with Gasteiger partial charge < -0.3 is 11.1 Å². The lowest BCUT2D eigenvalue weighted by atomic mass is 9.85. The molecule has 1 aliphatic rings. The van der Waals surface area contributed by atoms with Crippen LogP contribution < -0.4 is 11.1 Å². The van der Waals surface area contributed by atoms with Crippen LogP contribution in [0.25, 0.3) is 0 Å². The summed E-state index contributed by atoms with van der Waals surface area (Å²) in [6, 6.07) is 0. The maximum Gasteiger partial charge on any atom is 0.227 e. The summed E-state index contributed by atoms with van der Waals surface area (Å²) in [5.74, 6) is 0.134. The Bertz CT molecular complexity index is 410. The maximum atomic E-state index is 12.2. The molecule has 1 heterocycles. The van der Waals surface area contributed by atoms with Crippen molar-refractivity contribution in [3.8, 4) is 0 Å². The van der Waals surface area contributed by atoms with E-state index in [2.05, 4.69) is 15.7 Å². The second kappa shape index (κ2) is 5.80. The molecule has 1 amide bonds. The number of hydrogen-bond donors (Lipinski definition) is 2. The standard InChI is InChI=1S/C13H21N3OS/c1-10-16-11(8-18-10)4-7-15-12(17)13(9-14)5-2-3-6-13/h8H,2-7,9,14H2,1H3,(H,15,17). The summed E-state index contributed by atoms with van der Waals surface area (Å²) in [5.41, 5.74) is 6.55. The number of carbonyl (C=O) groups excluding carboxylic acids is 1. The van der Waals surface area contributed by atoms with E-state index in [1.54, 1.807) is 11.3 Å². The van der Waals surface area contributed by atoms with Crippen LogP contribution in [0.1, 0.15) is 36.4 Å². The summed E-state index contributed by atoms with van der Waals surface area (Å²) < 4.78 is 0. The molecule has 4 nitrogen and oxygen atoms in total. The molecule has 3 N–H and O–H groups in total. The molecule has 0 aromatic carbocycles. The molecule has 5 heteroatoms. The number of carbonyl (C=O) groups is 1. The number of thiazole rings is 1. The minimum atomic E-state index is -0.294. The van der Waals surface area contributed by atoms with E-state index in [1.807, 2.05) is 6.92 Å². The molecule has 0 unspecified atom stereocenters. The van der Waals surface area contributed by atoms with Gasteiger partial charge in [-0.15, -0.1) is 11.3 Å². The van der Waals surface area contributed by atoms with Gasteiger partial charge in [-0.2, -0.15) is 0 Å². The molecule has 1 aromatic heterocycles. The van der Waals surface area contributed by atoms with E-state index in [9.17, 15) is 4.79 Å². The van der Waals surface area contributed by atoms with E-state index in [0.29, 0.717) is 13.1 Å². The van der Waals surface area contributed by atoms with Gasteiger partial charge in [0.05, 0.1) is 16.1 Å². The fraction of sp³-hybridized carbons (Fsp3) is 0.692. The summed E-state index contributed by atoms with van der Waals surface area (Å²) in [4.78, 5) is 16.6. The number of hydrogen-bond acceptors (Lipinski definition) is 4. The van der Waals surface area contributed by atoms with E-state index in [0.717, 1.165) is 42.8 Å². The van der Waals surface area contributed by atoms with Crippen molar-refractivity contribution in [2.45, 2.75) is 39.0 Å². The monoisotopic (exact) mass is 267 g/mol. The Hall–Kier alpha value is -0.940. The van der Waals surface area contributed by atoms with Crippen molar-refractivity contribution in [1.29, 1.82) is 0 Å². The zero-order valence-electron chi connectivity index (χ0n) is 10.9. The number of nitrogens with zero attached hydrogens (tertiary/aromatic N) is 1. The lowest BCUT2D eigenvalue weighted by molar-refractivity contribution is -0.130. The molecule has 1 aliphatic carbocycles. The first-order valence-corrected chi connectivity index (χ1v) is 7.44. The highest BCUT2D eigenvalue weighted by Crippen LogP contribution is 2.37. The summed E-state index contributed by atoms with van der Waals surface area (Å²) in [6.45, 7) is 3.12. The number of aromatic nitrogens is 1. The molecule has 18 heavy (non-hydrogen) atoms. The lowest BCUT2D eigenvalue weighted by Crippen LogP contribution is -2.44. The van der Waals surface area contributed by atoms with Gasteiger partial charge in [-0.05, 0) is 19.8 Å². The van der Waals surface area contributed by atoms with E-state index in [1.165, 1.54) is 0 Å². The van der Waals surface area contributed by atoms with Crippen LogP contribution in [0.4, 0.5) is 0 Å². The topological polar surface area (TPSA) is 68.0 Å². The average Bonchev–Trinajstić information content (AvgIpc) is 2.99. The molecule has 0 atom stereocenters. The third-order valence-corrected chi connectivity index (χ3v) is 4.59. The minimum absolute atomic E-state index is 0.134. The van der Waals surface area contributed by atoms with Crippen LogP contribution in [0.15, 0.2) is 5.38 Å². The van der Waals surface area contributed by atoms with Gasteiger partial charge in [-0.25, -0.2) is 4.98 Å². The second-order valence-electron chi connectivity index (χ2n) is 5.06. The molecule has 0 saturated heterocycles. The SMILES string of the molecule is Cc1nc(CCNC(=O)C2(CN)CCCC2)cs1. The predicted molar refractivity (Wildman–Crippen MR) is 73.5 cm³/mol. The molecule has 0 radical (unpaired) electrons. The van der Waals surface area contributed by atoms with Crippen LogP contribution in [0.5, 0.6) is 0 Å². The van der Waals surface area contributed by atoms with Crippen LogP contribution in [-0.4, -0.2) is 24.0 Å². The fourth-order valence-corrected chi connectivity index (χ4v) is 3.24. The Kier molecular flexibility index (Phi) is 4.35. The van der Waals surface area contributed by atoms with Crippen molar-refractivity contribution < 1.29 is 4.79 Å². The normalized spacial score (nSPS) is 17.9. The lowest BCUT2D eigenvalue weighted by Gasteiger charge is -2.25. The summed E-state index contributed by atoms with van der Waals surface area (Å²) in [6.07, 6.45) is 4.92. The van der Waals surface area contributed by atoms with Crippen molar-refractivity contribution in [1.82, 2.24) is 10.3 Å². The molecular formula is C13H21N3OS. The van der Waals surface area contributed by atoms with Gasteiger partial charge in [0.15, 0.2) is 0 Å². The highest BCUT2D eigenvalue weighted by atomic mass is 32.1. The van der Waals surface area contributed by atoms with Crippen molar-refractivity contribution in [2.24, 2.45) is 11.1 Å². The largest absolute Gasteiger partial charge is 0.355 e. The minimum Gasteiger partial charge on any atom is -0.355 e. The first-order chi connectivity index (χ1) is 8.66. The first-order valence-electron chi connectivity index (χ1n) is 6.56. The highest BCUT2D eigenvalue weighted by Gasteiger charge is 2.39. The van der Waals surface area contributed by atoms with Gasteiger partial charge in [0, 0.05) is 24.9 Å².